The molecule has 2 rings (SSSR count). The van der Waals surface area contributed by atoms with E-state index >= 15 is 0 Å². The summed E-state index contributed by atoms with van der Waals surface area (Å²) in [5, 5.41) is 2.80. The Labute approximate surface area is 112 Å². The normalized spacial score (nSPS) is 17.4. The predicted octanol–water partition coefficient (Wildman–Crippen LogP) is 0.198. The lowest BCUT2D eigenvalue weighted by Crippen LogP contribution is -2.46. The highest BCUT2D eigenvalue weighted by molar-refractivity contribution is 5.93. The third-order valence-corrected chi connectivity index (χ3v) is 3.30. The standard InChI is InChI=1S/C13H19FN4O/c1-17-6-8-18(9-7-17)5-4-16-13(19)11-2-3-15-12(14)10-11/h2-3,10H,4-9H2,1H3,(H,16,19). The molecular weight excluding hydrogens is 247 g/mol. The SMILES string of the molecule is CN1CCN(CCNC(=O)c2ccnc(F)c2)CC1. The summed E-state index contributed by atoms with van der Waals surface area (Å²) >= 11 is 0. The minimum atomic E-state index is -0.633. The van der Waals surface area contributed by atoms with Gasteiger partial charge in [-0.3, -0.25) is 9.69 Å². The minimum Gasteiger partial charge on any atom is -0.351 e. The molecule has 0 spiro atoms. The van der Waals surface area contributed by atoms with Gasteiger partial charge in [-0.05, 0) is 13.1 Å². The predicted molar refractivity (Wildman–Crippen MR) is 70.5 cm³/mol. The summed E-state index contributed by atoms with van der Waals surface area (Å²) < 4.78 is 12.9. The highest BCUT2D eigenvalue weighted by Crippen LogP contribution is 2.01. The number of pyridine rings is 1. The van der Waals surface area contributed by atoms with Crippen molar-refractivity contribution in [2.24, 2.45) is 0 Å². The Morgan fingerprint density at radius 1 is 1.42 bits per heavy atom. The summed E-state index contributed by atoms with van der Waals surface area (Å²) in [6.07, 6.45) is 1.30. The molecule has 1 aromatic heterocycles. The van der Waals surface area contributed by atoms with Crippen LogP contribution < -0.4 is 5.32 Å². The van der Waals surface area contributed by atoms with E-state index in [0.29, 0.717) is 12.1 Å². The Morgan fingerprint density at radius 2 is 2.16 bits per heavy atom. The molecule has 1 amide bonds. The van der Waals surface area contributed by atoms with Gasteiger partial charge in [0, 0.05) is 57.1 Å². The summed E-state index contributed by atoms with van der Waals surface area (Å²) in [4.78, 5) is 19.8. The van der Waals surface area contributed by atoms with E-state index in [1.165, 1.54) is 12.3 Å². The molecule has 5 nitrogen and oxygen atoms in total. The summed E-state index contributed by atoms with van der Waals surface area (Å²) in [6.45, 7) is 5.57. The number of nitrogens with one attached hydrogen (secondary N) is 1. The molecule has 0 radical (unpaired) electrons. The summed E-state index contributed by atoms with van der Waals surface area (Å²) in [7, 11) is 2.11. The number of nitrogens with zero attached hydrogens (tertiary/aromatic N) is 3. The summed E-state index contributed by atoms with van der Waals surface area (Å²) in [6, 6.07) is 2.65. The van der Waals surface area contributed by atoms with Crippen molar-refractivity contribution in [3.63, 3.8) is 0 Å². The van der Waals surface area contributed by atoms with Crippen LogP contribution in [-0.4, -0.2) is 67.0 Å². The van der Waals surface area contributed by atoms with Gasteiger partial charge in [0.25, 0.3) is 5.91 Å². The zero-order chi connectivity index (χ0) is 13.7. The van der Waals surface area contributed by atoms with E-state index in [-0.39, 0.29) is 5.91 Å². The molecule has 19 heavy (non-hydrogen) atoms. The van der Waals surface area contributed by atoms with Crippen molar-refractivity contribution in [2.45, 2.75) is 0 Å². The van der Waals surface area contributed by atoms with Crippen LogP contribution in [0.2, 0.25) is 0 Å². The van der Waals surface area contributed by atoms with Crippen molar-refractivity contribution in [3.05, 3.63) is 29.8 Å². The number of halogens is 1. The third-order valence-electron chi connectivity index (χ3n) is 3.30. The largest absolute Gasteiger partial charge is 0.351 e. The Balaban J connectivity index is 1.72. The molecule has 1 aromatic rings. The second-order valence-electron chi connectivity index (χ2n) is 4.77. The van der Waals surface area contributed by atoms with Crippen LogP contribution in [0.4, 0.5) is 4.39 Å². The number of rotatable bonds is 4. The van der Waals surface area contributed by atoms with Gasteiger partial charge in [0.2, 0.25) is 5.95 Å². The minimum absolute atomic E-state index is 0.254. The molecule has 1 aliphatic heterocycles. The van der Waals surface area contributed by atoms with E-state index in [1.807, 2.05) is 0 Å². The number of hydrogen-bond acceptors (Lipinski definition) is 4. The second kappa shape index (κ2) is 6.58. The quantitative estimate of drug-likeness (QED) is 0.791. The number of carbonyl (C=O) groups is 1. The van der Waals surface area contributed by atoms with E-state index in [9.17, 15) is 9.18 Å². The molecule has 2 heterocycles. The first-order chi connectivity index (χ1) is 9.15. The van der Waals surface area contributed by atoms with Gasteiger partial charge in [0.05, 0.1) is 0 Å². The lowest BCUT2D eigenvalue weighted by Gasteiger charge is -2.32. The van der Waals surface area contributed by atoms with Crippen LogP contribution in [0.25, 0.3) is 0 Å². The number of amides is 1. The molecule has 0 aliphatic carbocycles. The average molecular weight is 266 g/mol. The number of aromatic nitrogens is 1. The molecule has 1 N–H and O–H groups in total. The second-order valence-corrected chi connectivity index (χ2v) is 4.77. The monoisotopic (exact) mass is 266 g/mol. The Bertz CT molecular complexity index is 432. The van der Waals surface area contributed by atoms with Gasteiger partial charge in [-0.1, -0.05) is 0 Å². The van der Waals surface area contributed by atoms with Crippen LogP contribution in [0.5, 0.6) is 0 Å². The maximum atomic E-state index is 12.9. The van der Waals surface area contributed by atoms with Gasteiger partial charge in [-0.2, -0.15) is 4.39 Å². The maximum absolute atomic E-state index is 12.9. The van der Waals surface area contributed by atoms with Gasteiger partial charge < -0.3 is 10.2 Å². The van der Waals surface area contributed by atoms with Crippen molar-refractivity contribution < 1.29 is 9.18 Å². The number of likely N-dealkylation sites (N-methyl/N-ethyl adjacent to an activating group) is 1. The van der Waals surface area contributed by atoms with Gasteiger partial charge in [0.1, 0.15) is 0 Å². The van der Waals surface area contributed by atoms with E-state index in [0.717, 1.165) is 38.8 Å². The molecule has 1 aliphatic rings. The topological polar surface area (TPSA) is 48.5 Å². The molecule has 6 heteroatoms. The first-order valence-electron chi connectivity index (χ1n) is 6.46. The molecule has 1 fully saturated rings. The molecule has 1 saturated heterocycles. The van der Waals surface area contributed by atoms with Crippen molar-refractivity contribution in [1.29, 1.82) is 0 Å². The highest BCUT2D eigenvalue weighted by atomic mass is 19.1. The first-order valence-corrected chi connectivity index (χ1v) is 6.46. The van der Waals surface area contributed by atoms with Gasteiger partial charge in [0.15, 0.2) is 0 Å². The van der Waals surface area contributed by atoms with E-state index < -0.39 is 5.95 Å². The van der Waals surface area contributed by atoms with Crippen LogP contribution in [0.15, 0.2) is 18.3 Å². The Morgan fingerprint density at radius 3 is 2.84 bits per heavy atom. The summed E-state index contributed by atoms with van der Waals surface area (Å²) in [5.41, 5.74) is 0.311. The number of hydrogen-bond donors (Lipinski definition) is 1. The lowest BCUT2D eigenvalue weighted by atomic mass is 10.2. The zero-order valence-corrected chi connectivity index (χ0v) is 11.1. The first kappa shape index (κ1) is 13.9. The van der Waals surface area contributed by atoms with E-state index in [1.54, 1.807) is 0 Å². The Hall–Kier alpha value is -1.53. The molecule has 0 atom stereocenters. The van der Waals surface area contributed by atoms with Crippen molar-refractivity contribution >= 4 is 5.91 Å². The molecule has 0 saturated carbocycles. The third kappa shape index (κ3) is 4.25. The van der Waals surface area contributed by atoms with Crippen LogP contribution in [0.3, 0.4) is 0 Å². The van der Waals surface area contributed by atoms with E-state index in [2.05, 4.69) is 27.1 Å². The zero-order valence-electron chi connectivity index (χ0n) is 11.1. The number of piperazine rings is 1. The molecule has 104 valence electrons. The van der Waals surface area contributed by atoms with Crippen molar-refractivity contribution in [2.75, 3.05) is 46.3 Å². The average Bonchev–Trinajstić information content (AvgIpc) is 2.41. The molecular formula is C13H19FN4O. The van der Waals surface area contributed by atoms with Crippen LogP contribution in [-0.2, 0) is 0 Å². The fourth-order valence-corrected chi connectivity index (χ4v) is 2.04. The molecule has 0 bridgehead atoms. The van der Waals surface area contributed by atoms with Crippen LogP contribution in [0.1, 0.15) is 10.4 Å². The van der Waals surface area contributed by atoms with Crippen molar-refractivity contribution in [3.8, 4) is 0 Å². The van der Waals surface area contributed by atoms with Crippen molar-refractivity contribution in [1.82, 2.24) is 20.1 Å². The molecule has 0 unspecified atom stereocenters. The summed E-state index contributed by atoms with van der Waals surface area (Å²) in [5.74, 6) is -0.887. The Kier molecular flexibility index (Phi) is 4.81. The highest BCUT2D eigenvalue weighted by Gasteiger charge is 2.13. The van der Waals surface area contributed by atoms with Crippen LogP contribution in [0, 0.1) is 5.95 Å². The van der Waals surface area contributed by atoms with E-state index in [4.69, 9.17) is 0 Å². The van der Waals surface area contributed by atoms with Gasteiger partial charge >= 0.3 is 0 Å². The maximum Gasteiger partial charge on any atom is 0.251 e. The van der Waals surface area contributed by atoms with Gasteiger partial charge in [-0.25, -0.2) is 4.98 Å². The number of carbonyl (C=O) groups excluding carboxylic acids is 1. The molecule has 0 aromatic carbocycles. The lowest BCUT2D eigenvalue weighted by molar-refractivity contribution is 0.0940. The van der Waals surface area contributed by atoms with Gasteiger partial charge in [-0.15, -0.1) is 0 Å². The smallest absolute Gasteiger partial charge is 0.251 e. The van der Waals surface area contributed by atoms with Crippen LogP contribution >= 0.6 is 0 Å². The fourth-order valence-electron chi connectivity index (χ4n) is 2.04. The fraction of sp³-hybridized carbons (Fsp3) is 0.538.